The van der Waals surface area contributed by atoms with E-state index in [9.17, 15) is 18.8 Å². The normalized spacial score (nSPS) is 12.8. The summed E-state index contributed by atoms with van der Waals surface area (Å²) < 4.78 is 28.2. The van der Waals surface area contributed by atoms with Crippen LogP contribution in [0.4, 0.5) is 4.39 Å². The molecule has 0 aliphatic heterocycles. The number of methoxy groups -OCH3 is 1. The van der Waals surface area contributed by atoms with Gasteiger partial charge in [0.15, 0.2) is 12.2 Å². The van der Waals surface area contributed by atoms with E-state index in [2.05, 4.69) is 4.98 Å². The van der Waals surface area contributed by atoms with Gasteiger partial charge in [0, 0.05) is 5.69 Å². The number of nitrogens with one attached hydrogen (secondary N) is 1. The van der Waals surface area contributed by atoms with E-state index in [4.69, 9.17) is 14.2 Å². The van der Waals surface area contributed by atoms with Crippen LogP contribution in [-0.4, -0.2) is 42.0 Å². The van der Waals surface area contributed by atoms with Crippen molar-refractivity contribution in [2.24, 2.45) is 0 Å². The first-order chi connectivity index (χ1) is 13.1. The molecule has 7 nitrogen and oxygen atoms in total. The number of carbonyl (C=O) groups excluding carboxylic acids is 3. The van der Waals surface area contributed by atoms with Gasteiger partial charge < -0.3 is 19.2 Å². The third kappa shape index (κ3) is 4.57. The number of rotatable bonds is 7. The number of aromatic nitrogens is 1. The lowest BCUT2D eigenvalue weighted by Crippen LogP contribution is -2.33. The summed E-state index contributed by atoms with van der Waals surface area (Å²) in [6.45, 7) is 6.14. The zero-order valence-electron chi connectivity index (χ0n) is 16.3. The molecule has 0 radical (unpaired) electrons. The Morgan fingerprint density at radius 2 is 1.64 bits per heavy atom. The predicted octanol–water partition coefficient (Wildman–Crippen LogP) is 3.14. The molecule has 0 saturated carbocycles. The zero-order chi connectivity index (χ0) is 21.0. The number of halogens is 1. The Balaban J connectivity index is 2.06. The average molecular weight is 391 g/mol. The molecule has 28 heavy (non-hydrogen) atoms. The first-order valence-corrected chi connectivity index (χ1v) is 8.60. The number of hydrogen-bond donors (Lipinski definition) is 1. The Hall–Kier alpha value is -3.16. The summed E-state index contributed by atoms with van der Waals surface area (Å²) >= 11 is 0. The fourth-order valence-electron chi connectivity index (χ4n) is 2.70. The highest BCUT2D eigenvalue weighted by Crippen LogP contribution is 2.21. The van der Waals surface area contributed by atoms with E-state index < -0.39 is 35.7 Å². The molecule has 150 valence electrons. The molecule has 0 spiro atoms. The van der Waals surface area contributed by atoms with Crippen molar-refractivity contribution >= 4 is 17.7 Å². The van der Waals surface area contributed by atoms with Crippen molar-refractivity contribution in [3.05, 3.63) is 52.6 Å². The van der Waals surface area contributed by atoms with Crippen LogP contribution < -0.4 is 4.74 Å². The van der Waals surface area contributed by atoms with E-state index in [-0.39, 0.29) is 11.3 Å². The highest BCUT2D eigenvalue weighted by Gasteiger charge is 2.29. The first kappa shape index (κ1) is 21.1. The van der Waals surface area contributed by atoms with Crippen LogP contribution in [0, 0.1) is 19.7 Å². The van der Waals surface area contributed by atoms with Crippen molar-refractivity contribution < 1.29 is 33.0 Å². The second kappa shape index (κ2) is 8.69. The number of esters is 2. The SMILES string of the molecule is COC(=O)c1c(C)[nH]c(C(=O)[C@@H](C)OC(=O)[C@H](C)Oc2ccc(F)cc2)c1C. The van der Waals surface area contributed by atoms with Crippen molar-refractivity contribution in [3.63, 3.8) is 0 Å². The van der Waals surface area contributed by atoms with E-state index in [1.807, 2.05) is 0 Å². The molecule has 1 heterocycles. The van der Waals surface area contributed by atoms with Crippen LogP contribution >= 0.6 is 0 Å². The number of ketones is 1. The molecule has 0 aliphatic carbocycles. The summed E-state index contributed by atoms with van der Waals surface area (Å²) in [5, 5.41) is 0. The van der Waals surface area contributed by atoms with Crippen LogP contribution in [0.1, 0.15) is 46.0 Å². The Kier molecular flexibility index (Phi) is 6.56. The van der Waals surface area contributed by atoms with E-state index >= 15 is 0 Å². The topological polar surface area (TPSA) is 94.7 Å². The quantitative estimate of drug-likeness (QED) is 0.576. The highest BCUT2D eigenvalue weighted by atomic mass is 19.1. The number of Topliss-reactive ketones (excluding diaryl/α,β-unsaturated/α-hetero) is 1. The molecule has 0 fully saturated rings. The standard InChI is InChI=1S/C20H22FNO6/c1-10-16(20(25)26-5)11(2)22-17(10)18(23)12(3)28-19(24)13(4)27-15-8-6-14(21)7-9-15/h6-9,12-13,22H,1-5H3/t12-,13+/m1/s1. The maximum atomic E-state index is 12.9. The van der Waals surface area contributed by atoms with Gasteiger partial charge in [-0.3, -0.25) is 4.79 Å². The molecule has 1 aromatic carbocycles. The predicted molar refractivity (Wildman–Crippen MR) is 98.0 cm³/mol. The maximum Gasteiger partial charge on any atom is 0.347 e. The Morgan fingerprint density at radius 3 is 2.21 bits per heavy atom. The van der Waals surface area contributed by atoms with Crippen LogP contribution in [-0.2, 0) is 14.3 Å². The van der Waals surface area contributed by atoms with Gasteiger partial charge in [-0.15, -0.1) is 0 Å². The molecule has 2 atom stereocenters. The minimum absolute atomic E-state index is 0.172. The summed E-state index contributed by atoms with van der Waals surface area (Å²) in [6, 6.07) is 5.17. The smallest absolute Gasteiger partial charge is 0.347 e. The molecule has 8 heteroatoms. The number of H-pyrrole nitrogens is 1. The molecule has 1 N–H and O–H groups in total. The Labute approximate surface area is 161 Å². The fraction of sp³-hybridized carbons (Fsp3) is 0.350. The second-order valence-electron chi connectivity index (χ2n) is 6.27. The second-order valence-corrected chi connectivity index (χ2v) is 6.27. The minimum atomic E-state index is -1.10. The molecule has 0 bridgehead atoms. The van der Waals surface area contributed by atoms with Gasteiger partial charge in [-0.05, 0) is 57.5 Å². The van der Waals surface area contributed by atoms with Crippen LogP contribution in [0.2, 0.25) is 0 Å². The van der Waals surface area contributed by atoms with Crippen LogP contribution in [0.3, 0.4) is 0 Å². The number of ether oxygens (including phenoxy) is 3. The molecule has 0 amide bonds. The molecule has 0 aliphatic rings. The number of carbonyl (C=O) groups is 3. The highest BCUT2D eigenvalue weighted by molar-refractivity contribution is 6.04. The van der Waals surface area contributed by atoms with Gasteiger partial charge in [0.25, 0.3) is 0 Å². The monoisotopic (exact) mass is 391 g/mol. The van der Waals surface area contributed by atoms with Crippen molar-refractivity contribution in [3.8, 4) is 5.75 Å². The third-order valence-corrected chi connectivity index (χ3v) is 4.19. The number of benzene rings is 1. The molecule has 0 unspecified atom stereocenters. The van der Waals surface area contributed by atoms with E-state index in [1.165, 1.54) is 45.2 Å². The number of hydrogen-bond acceptors (Lipinski definition) is 6. The van der Waals surface area contributed by atoms with Gasteiger partial charge in [-0.25, -0.2) is 14.0 Å². The van der Waals surface area contributed by atoms with E-state index in [0.29, 0.717) is 17.0 Å². The zero-order valence-corrected chi connectivity index (χ0v) is 16.3. The lowest BCUT2D eigenvalue weighted by molar-refractivity contribution is -0.153. The third-order valence-electron chi connectivity index (χ3n) is 4.19. The number of aryl methyl sites for hydroxylation is 1. The van der Waals surface area contributed by atoms with Crippen molar-refractivity contribution in [1.82, 2.24) is 4.98 Å². The van der Waals surface area contributed by atoms with Crippen LogP contribution in [0.15, 0.2) is 24.3 Å². The van der Waals surface area contributed by atoms with Crippen molar-refractivity contribution in [2.45, 2.75) is 39.9 Å². The summed E-state index contributed by atoms with van der Waals surface area (Å²) in [6.07, 6.45) is -2.10. The Bertz CT molecular complexity index is 887. The van der Waals surface area contributed by atoms with Crippen molar-refractivity contribution in [2.75, 3.05) is 7.11 Å². The van der Waals surface area contributed by atoms with Gasteiger partial charge in [0.05, 0.1) is 18.4 Å². The minimum Gasteiger partial charge on any atom is -0.479 e. The Morgan fingerprint density at radius 1 is 1.04 bits per heavy atom. The first-order valence-electron chi connectivity index (χ1n) is 8.60. The largest absolute Gasteiger partial charge is 0.479 e. The lowest BCUT2D eigenvalue weighted by Gasteiger charge is -2.17. The van der Waals surface area contributed by atoms with Crippen LogP contribution in [0.25, 0.3) is 0 Å². The summed E-state index contributed by atoms with van der Waals surface area (Å²) in [5.41, 5.74) is 1.36. The van der Waals surface area contributed by atoms with Gasteiger partial charge >= 0.3 is 11.9 Å². The molecular formula is C20H22FNO6. The summed E-state index contributed by atoms with van der Waals surface area (Å²) in [4.78, 5) is 39.6. The number of aromatic amines is 1. The summed E-state index contributed by atoms with van der Waals surface area (Å²) in [5.74, 6) is -1.93. The van der Waals surface area contributed by atoms with Crippen LogP contribution in [0.5, 0.6) is 5.75 Å². The molecule has 0 saturated heterocycles. The molecule has 2 aromatic rings. The molecule has 2 rings (SSSR count). The lowest BCUT2D eigenvalue weighted by atomic mass is 10.1. The average Bonchev–Trinajstić information content (AvgIpc) is 2.96. The van der Waals surface area contributed by atoms with Gasteiger partial charge in [0.1, 0.15) is 11.6 Å². The maximum absolute atomic E-state index is 12.9. The van der Waals surface area contributed by atoms with Gasteiger partial charge in [0.2, 0.25) is 5.78 Å². The van der Waals surface area contributed by atoms with Gasteiger partial charge in [-0.2, -0.15) is 0 Å². The fourth-order valence-corrected chi connectivity index (χ4v) is 2.70. The molecule has 1 aromatic heterocycles. The van der Waals surface area contributed by atoms with Gasteiger partial charge in [-0.1, -0.05) is 0 Å². The van der Waals surface area contributed by atoms with E-state index in [1.54, 1.807) is 13.8 Å². The summed E-state index contributed by atoms with van der Waals surface area (Å²) in [7, 11) is 1.25. The van der Waals surface area contributed by atoms with E-state index in [0.717, 1.165) is 0 Å². The molecular weight excluding hydrogens is 369 g/mol. The van der Waals surface area contributed by atoms with Crippen molar-refractivity contribution in [1.29, 1.82) is 0 Å².